The minimum absolute atomic E-state index is 0.320. The highest BCUT2D eigenvalue weighted by molar-refractivity contribution is 5.28. The van der Waals surface area contributed by atoms with Gasteiger partial charge in [0.15, 0.2) is 0 Å². The summed E-state index contributed by atoms with van der Waals surface area (Å²) in [6.07, 6.45) is 0.931. The summed E-state index contributed by atoms with van der Waals surface area (Å²) in [7, 11) is 0. The summed E-state index contributed by atoms with van der Waals surface area (Å²) in [6.45, 7) is 8.37. The van der Waals surface area contributed by atoms with Crippen LogP contribution in [0.4, 0.5) is 8.78 Å². The summed E-state index contributed by atoms with van der Waals surface area (Å²) >= 11 is 0. The van der Waals surface area contributed by atoms with Crippen LogP contribution in [0.3, 0.4) is 0 Å². The molecule has 1 atom stereocenters. The van der Waals surface area contributed by atoms with Gasteiger partial charge in [-0.25, -0.2) is 8.78 Å². The lowest BCUT2D eigenvalue weighted by Gasteiger charge is -2.19. The summed E-state index contributed by atoms with van der Waals surface area (Å²) in [5.41, 5.74) is 1.10. The molecule has 1 N–H and O–H groups in total. The lowest BCUT2D eigenvalue weighted by Crippen LogP contribution is -2.23. The summed E-state index contributed by atoms with van der Waals surface area (Å²) in [4.78, 5) is 0. The van der Waals surface area contributed by atoms with E-state index >= 15 is 0 Å². The average molecular weight is 225 g/mol. The van der Waals surface area contributed by atoms with Crippen LogP contribution in [-0.4, -0.2) is 6.54 Å². The number of hydrogen-bond acceptors (Lipinski definition) is 1. The van der Waals surface area contributed by atoms with E-state index in [1.54, 1.807) is 6.92 Å². The molecule has 16 heavy (non-hydrogen) atoms. The van der Waals surface area contributed by atoms with Crippen LogP contribution in [0.25, 0.3) is 0 Å². The second-order valence-electron chi connectivity index (χ2n) is 3.90. The molecular formula is C13H17F2N. The minimum atomic E-state index is -0.430. The lowest BCUT2D eigenvalue weighted by molar-refractivity contribution is 0.531. The number of halogens is 2. The Morgan fingerprint density at radius 2 is 2.12 bits per heavy atom. The van der Waals surface area contributed by atoms with Crippen LogP contribution < -0.4 is 5.32 Å². The van der Waals surface area contributed by atoms with Crippen molar-refractivity contribution in [3.05, 3.63) is 47.5 Å². The fraction of sp³-hybridized carbons (Fsp3) is 0.385. The molecule has 1 nitrogen and oxygen atoms in total. The van der Waals surface area contributed by atoms with Crippen LogP contribution in [0.2, 0.25) is 0 Å². The van der Waals surface area contributed by atoms with E-state index in [1.807, 2.05) is 6.92 Å². The first-order chi connectivity index (χ1) is 7.56. The van der Waals surface area contributed by atoms with E-state index in [1.165, 1.54) is 6.07 Å². The van der Waals surface area contributed by atoms with Gasteiger partial charge in [-0.1, -0.05) is 19.1 Å². The smallest absolute Gasteiger partial charge is 0.128 e. The van der Waals surface area contributed by atoms with Crippen molar-refractivity contribution >= 4 is 0 Å². The molecule has 1 unspecified atom stereocenters. The Labute approximate surface area is 95.2 Å². The molecule has 0 spiro atoms. The second-order valence-corrected chi connectivity index (χ2v) is 3.90. The van der Waals surface area contributed by atoms with Gasteiger partial charge in [0.25, 0.3) is 0 Å². The highest BCUT2D eigenvalue weighted by Crippen LogP contribution is 2.23. The zero-order chi connectivity index (χ0) is 12.1. The SMILES string of the molecule is C=C(C)C(NCCC)c1cc(F)ccc1F. The van der Waals surface area contributed by atoms with Crippen molar-refractivity contribution in [1.29, 1.82) is 0 Å². The Balaban J connectivity index is 3.00. The quantitative estimate of drug-likeness (QED) is 0.755. The van der Waals surface area contributed by atoms with Crippen LogP contribution in [0, 0.1) is 11.6 Å². The predicted octanol–water partition coefficient (Wildman–Crippen LogP) is 3.58. The van der Waals surface area contributed by atoms with E-state index in [9.17, 15) is 8.78 Å². The second kappa shape index (κ2) is 5.75. The lowest BCUT2D eigenvalue weighted by atomic mass is 10.00. The molecule has 0 radical (unpaired) electrons. The zero-order valence-electron chi connectivity index (χ0n) is 9.69. The third-order valence-corrected chi connectivity index (χ3v) is 2.36. The van der Waals surface area contributed by atoms with Gasteiger partial charge in [0.2, 0.25) is 0 Å². The molecular weight excluding hydrogens is 208 g/mol. The Bertz CT molecular complexity index is 374. The fourth-order valence-electron chi connectivity index (χ4n) is 1.57. The van der Waals surface area contributed by atoms with Gasteiger partial charge in [0, 0.05) is 5.56 Å². The van der Waals surface area contributed by atoms with E-state index in [2.05, 4.69) is 11.9 Å². The van der Waals surface area contributed by atoms with Gasteiger partial charge < -0.3 is 5.32 Å². The number of nitrogens with one attached hydrogen (secondary N) is 1. The van der Waals surface area contributed by atoms with Crippen molar-refractivity contribution in [1.82, 2.24) is 5.32 Å². The molecule has 0 aromatic heterocycles. The van der Waals surface area contributed by atoms with Gasteiger partial charge in [0.05, 0.1) is 6.04 Å². The Kier molecular flexibility index (Phi) is 4.62. The monoisotopic (exact) mass is 225 g/mol. The van der Waals surface area contributed by atoms with E-state index in [0.717, 1.165) is 30.7 Å². The third kappa shape index (κ3) is 3.14. The fourth-order valence-corrected chi connectivity index (χ4v) is 1.57. The molecule has 88 valence electrons. The van der Waals surface area contributed by atoms with Gasteiger partial charge in [-0.2, -0.15) is 0 Å². The first-order valence-electron chi connectivity index (χ1n) is 5.40. The van der Waals surface area contributed by atoms with Crippen molar-refractivity contribution in [2.24, 2.45) is 0 Å². The largest absolute Gasteiger partial charge is 0.306 e. The Hall–Kier alpha value is -1.22. The van der Waals surface area contributed by atoms with Crippen LogP contribution >= 0.6 is 0 Å². The maximum atomic E-state index is 13.6. The molecule has 1 aromatic carbocycles. The maximum absolute atomic E-state index is 13.6. The zero-order valence-corrected chi connectivity index (χ0v) is 9.69. The molecule has 0 saturated heterocycles. The van der Waals surface area contributed by atoms with E-state index < -0.39 is 11.6 Å². The van der Waals surface area contributed by atoms with Crippen molar-refractivity contribution in [2.75, 3.05) is 6.54 Å². The Morgan fingerprint density at radius 1 is 1.44 bits per heavy atom. The van der Waals surface area contributed by atoms with E-state index in [-0.39, 0.29) is 6.04 Å². The number of rotatable bonds is 5. The summed E-state index contributed by atoms with van der Waals surface area (Å²) in [6, 6.07) is 3.16. The van der Waals surface area contributed by atoms with Crippen LogP contribution in [-0.2, 0) is 0 Å². The Morgan fingerprint density at radius 3 is 2.69 bits per heavy atom. The van der Waals surface area contributed by atoms with Gasteiger partial charge in [-0.3, -0.25) is 0 Å². The predicted molar refractivity (Wildman–Crippen MR) is 62.2 cm³/mol. The summed E-state index contributed by atoms with van der Waals surface area (Å²) in [5.74, 6) is -0.834. The molecule has 0 heterocycles. The van der Waals surface area contributed by atoms with Gasteiger partial charge >= 0.3 is 0 Å². The highest BCUT2D eigenvalue weighted by Gasteiger charge is 2.16. The normalized spacial score (nSPS) is 12.5. The molecule has 0 fully saturated rings. The molecule has 3 heteroatoms. The molecule has 0 bridgehead atoms. The molecule has 0 aliphatic heterocycles. The van der Waals surface area contributed by atoms with Crippen molar-refractivity contribution in [2.45, 2.75) is 26.3 Å². The third-order valence-electron chi connectivity index (χ3n) is 2.36. The van der Waals surface area contributed by atoms with Gasteiger partial charge in [-0.15, -0.1) is 0 Å². The van der Waals surface area contributed by atoms with Crippen LogP contribution in [0.5, 0.6) is 0 Å². The molecule has 0 saturated carbocycles. The number of hydrogen-bond donors (Lipinski definition) is 1. The molecule has 1 aromatic rings. The molecule has 0 aliphatic rings. The summed E-state index contributed by atoms with van der Waals surface area (Å²) < 4.78 is 26.6. The molecule has 1 rings (SSSR count). The van der Waals surface area contributed by atoms with Gasteiger partial charge in [0.1, 0.15) is 11.6 Å². The van der Waals surface area contributed by atoms with Crippen LogP contribution in [0.15, 0.2) is 30.4 Å². The van der Waals surface area contributed by atoms with E-state index in [0.29, 0.717) is 5.56 Å². The van der Waals surface area contributed by atoms with Crippen molar-refractivity contribution in [3.63, 3.8) is 0 Å². The van der Waals surface area contributed by atoms with E-state index in [4.69, 9.17) is 0 Å². The van der Waals surface area contributed by atoms with Crippen LogP contribution in [0.1, 0.15) is 31.9 Å². The first-order valence-corrected chi connectivity index (χ1v) is 5.40. The van der Waals surface area contributed by atoms with Gasteiger partial charge in [-0.05, 0) is 38.1 Å². The van der Waals surface area contributed by atoms with Crippen molar-refractivity contribution < 1.29 is 8.78 Å². The molecule has 0 amide bonds. The first kappa shape index (κ1) is 12.8. The highest BCUT2D eigenvalue weighted by atomic mass is 19.1. The van der Waals surface area contributed by atoms with Crippen molar-refractivity contribution in [3.8, 4) is 0 Å². The topological polar surface area (TPSA) is 12.0 Å². The standard InChI is InChI=1S/C13H17F2N/c1-4-7-16-13(9(2)3)11-8-10(14)5-6-12(11)15/h5-6,8,13,16H,2,4,7H2,1,3H3. The summed E-state index contributed by atoms with van der Waals surface area (Å²) in [5, 5.41) is 3.15. The average Bonchev–Trinajstić information content (AvgIpc) is 2.23. The maximum Gasteiger partial charge on any atom is 0.128 e. The molecule has 0 aliphatic carbocycles. The minimum Gasteiger partial charge on any atom is -0.306 e. The number of benzene rings is 1.